The maximum absolute atomic E-state index is 14.6. The van der Waals surface area contributed by atoms with Crippen LogP contribution in [0.1, 0.15) is 61.8 Å². The maximum Gasteiger partial charge on any atom is 0.341 e. The van der Waals surface area contributed by atoms with E-state index >= 15 is 0 Å². The lowest BCUT2D eigenvalue weighted by atomic mass is 9.41. The third-order valence-corrected chi connectivity index (χ3v) is 15.1. The number of Topliss-reactive ketones (excluding diaryl/α,β-unsaturated/α-hetero) is 1. The molecule has 0 radical (unpaired) electrons. The van der Waals surface area contributed by atoms with E-state index in [4.69, 9.17) is 33.2 Å². The SMILES string of the molecule is CC(=O)O[C@@H]1[C@H]2[C@H]3[C@H]([C@H](OC(=O)CO)[C@H](OC(C)=O)[C@]2(C)[C@H]2[C@H](C)[C@@H]4O[C@@]45OC(=O)[C@@](C)(O)[C@]5(C)[C@H]12)[C@]1(C)[C@H](C[C@@H]2O[C@@H]2[C@@H]1OC(C)=O)C(=O)[C@@H]3O. The molecule has 5 saturated carbocycles. The minimum Gasteiger partial charge on any atom is -0.462 e. The maximum atomic E-state index is 14.6. The van der Waals surface area contributed by atoms with Crippen LogP contribution in [0.15, 0.2) is 0 Å². The van der Waals surface area contributed by atoms with Crippen LogP contribution in [0.4, 0.5) is 0 Å². The minimum atomic E-state index is -2.19. The van der Waals surface area contributed by atoms with Gasteiger partial charge in [0, 0.05) is 61.2 Å². The van der Waals surface area contributed by atoms with Gasteiger partial charge in [0.05, 0.1) is 11.5 Å². The van der Waals surface area contributed by atoms with Crippen molar-refractivity contribution in [2.24, 2.45) is 57.7 Å². The first-order valence-corrected chi connectivity index (χ1v) is 18.0. The molecule has 1 spiro atoms. The number of esters is 5. The van der Waals surface area contributed by atoms with Crippen LogP contribution in [0.3, 0.4) is 0 Å². The third-order valence-electron chi connectivity index (χ3n) is 15.1. The van der Waals surface area contributed by atoms with Crippen LogP contribution < -0.4 is 0 Å². The lowest BCUT2D eigenvalue weighted by Crippen LogP contribution is -2.75. The Bertz CT molecular complexity index is 1680. The van der Waals surface area contributed by atoms with E-state index < -0.39 is 160 Å². The number of aliphatic hydroxyl groups is 3. The van der Waals surface area contributed by atoms with E-state index in [1.807, 2.05) is 6.92 Å². The van der Waals surface area contributed by atoms with E-state index in [0.717, 1.165) is 0 Å². The summed E-state index contributed by atoms with van der Waals surface area (Å²) in [5, 5.41) is 34.4. The van der Waals surface area contributed by atoms with Crippen LogP contribution >= 0.6 is 0 Å². The van der Waals surface area contributed by atoms with Crippen LogP contribution in [0, 0.1) is 57.7 Å². The molecular formula is C36H46O16. The van der Waals surface area contributed by atoms with Crippen molar-refractivity contribution in [3.63, 3.8) is 0 Å². The predicted octanol–water partition coefficient (Wildman–Crippen LogP) is -0.404. The molecule has 20 atom stereocenters. The molecule has 8 rings (SSSR count). The molecule has 16 heteroatoms. The van der Waals surface area contributed by atoms with Crippen molar-refractivity contribution in [3.05, 3.63) is 0 Å². The molecule has 0 bridgehead atoms. The van der Waals surface area contributed by atoms with Gasteiger partial charge in [-0.2, -0.15) is 0 Å². The van der Waals surface area contributed by atoms with Crippen LogP contribution in [0.2, 0.25) is 0 Å². The summed E-state index contributed by atoms with van der Waals surface area (Å²) >= 11 is 0. The van der Waals surface area contributed by atoms with Gasteiger partial charge in [-0.3, -0.25) is 19.2 Å². The summed E-state index contributed by atoms with van der Waals surface area (Å²) in [7, 11) is 0. The summed E-state index contributed by atoms with van der Waals surface area (Å²) in [5.41, 5.74) is -6.64. The van der Waals surface area contributed by atoms with Gasteiger partial charge in [0.2, 0.25) is 5.79 Å². The van der Waals surface area contributed by atoms with Crippen molar-refractivity contribution in [3.8, 4) is 0 Å². The van der Waals surface area contributed by atoms with Crippen LogP contribution in [0.5, 0.6) is 0 Å². The number of aliphatic hydroxyl groups excluding tert-OH is 2. The van der Waals surface area contributed by atoms with Gasteiger partial charge in [-0.1, -0.05) is 20.8 Å². The molecule has 8 aliphatic rings. The number of carbonyl (C=O) groups is 6. The molecule has 0 amide bonds. The molecule has 3 aliphatic heterocycles. The topological polar surface area (TPSA) is 234 Å². The van der Waals surface area contributed by atoms with Crippen molar-refractivity contribution in [2.45, 2.75) is 122 Å². The highest BCUT2D eigenvalue weighted by molar-refractivity contribution is 5.88. The van der Waals surface area contributed by atoms with Gasteiger partial charge >= 0.3 is 29.8 Å². The Balaban J connectivity index is 1.42. The lowest BCUT2D eigenvalue weighted by Gasteiger charge is -2.65. The zero-order chi connectivity index (χ0) is 38.0. The average molecular weight is 735 g/mol. The first-order chi connectivity index (χ1) is 24.2. The Kier molecular flexibility index (Phi) is 7.40. The van der Waals surface area contributed by atoms with Crippen molar-refractivity contribution in [1.29, 1.82) is 0 Å². The molecule has 8 fully saturated rings. The van der Waals surface area contributed by atoms with Crippen molar-refractivity contribution < 1.29 is 77.2 Å². The number of ether oxygens (including phenoxy) is 7. The Morgan fingerprint density at radius 1 is 0.827 bits per heavy atom. The van der Waals surface area contributed by atoms with Crippen molar-refractivity contribution in [1.82, 2.24) is 0 Å². The normalized spacial score (nSPS) is 55.8. The number of ketones is 1. The fourth-order valence-corrected chi connectivity index (χ4v) is 13.2. The smallest absolute Gasteiger partial charge is 0.341 e. The second kappa shape index (κ2) is 10.7. The van der Waals surface area contributed by atoms with Gasteiger partial charge in [-0.25, -0.2) is 9.59 Å². The molecule has 0 aromatic heterocycles. The third kappa shape index (κ3) is 4.00. The highest BCUT2D eigenvalue weighted by Gasteiger charge is 2.93. The molecule has 3 N–H and O–H groups in total. The monoisotopic (exact) mass is 734 g/mol. The first-order valence-electron chi connectivity index (χ1n) is 18.0. The number of hydrogen-bond donors (Lipinski definition) is 3. The molecule has 3 saturated heterocycles. The Labute approximate surface area is 299 Å². The molecule has 5 aliphatic carbocycles. The average Bonchev–Trinajstić information content (AvgIpc) is 3.95. The van der Waals surface area contributed by atoms with Gasteiger partial charge in [-0.15, -0.1) is 0 Å². The molecule has 0 aromatic carbocycles. The van der Waals surface area contributed by atoms with E-state index in [2.05, 4.69) is 0 Å². The van der Waals surface area contributed by atoms with E-state index in [1.165, 1.54) is 27.7 Å². The van der Waals surface area contributed by atoms with Gasteiger partial charge in [0.1, 0.15) is 49.3 Å². The number of carbonyl (C=O) groups excluding carboxylic acids is 6. The van der Waals surface area contributed by atoms with Gasteiger partial charge in [-0.05, 0) is 32.1 Å². The van der Waals surface area contributed by atoms with Crippen LogP contribution in [-0.2, 0) is 61.9 Å². The first kappa shape index (κ1) is 35.8. The minimum absolute atomic E-state index is 0.163. The number of fused-ring (bicyclic) bond motifs is 9. The van der Waals surface area contributed by atoms with Crippen molar-refractivity contribution in [2.75, 3.05) is 6.61 Å². The predicted molar refractivity (Wildman–Crippen MR) is 167 cm³/mol. The summed E-state index contributed by atoms with van der Waals surface area (Å²) in [5.74, 6) is -13.0. The van der Waals surface area contributed by atoms with E-state index in [0.29, 0.717) is 0 Å². The molecular weight excluding hydrogens is 688 g/mol. The number of hydrogen-bond acceptors (Lipinski definition) is 16. The highest BCUT2D eigenvalue weighted by atomic mass is 16.8. The zero-order valence-electron chi connectivity index (χ0n) is 30.2. The highest BCUT2D eigenvalue weighted by Crippen LogP contribution is 2.81. The van der Waals surface area contributed by atoms with E-state index in [1.54, 1.807) is 20.8 Å². The molecule has 0 aromatic rings. The fraction of sp³-hybridized carbons (Fsp3) is 0.833. The van der Waals surface area contributed by atoms with Gasteiger partial charge in [0.25, 0.3) is 0 Å². The second-order valence-electron chi connectivity index (χ2n) is 17.2. The van der Waals surface area contributed by atoms with E-state index in [9.17, 15) is 44.1 Å². The standard InChI is InChI=1S/C36H46O16/c1-11-19-22(34(7)35(8,45)31(44)52-36(34)28(11)51-36)26(46-12(2)38)20-18-21(27(50-17(41)10-37)30(33(19,20)6)48-14(4)40)32(5)15(23(42)24(18)43)9-16-25(49-16)29(32)47-13(3)39/h11,15-16,18-22,24-30,37,43,45H,9-10H2,1-8H3/t11-,15+,16-,18-,19-,20+,21+,22-,24+,25-,26+,27-,28-,29-,30-,32-,33+,34-,35+,36+/m0/s1. The second-order valence-corrected chi connectivity index (χ2v) is 17.2. The molecule has 52 heavy (non-hydrogen) atoms. The fourth-order valence-electron chi connectivity index (χ4n) is 13.2. The quantitative estimate of drug-likeness (QED) is 0.185. The zero-order valence-corrected chi connectivity index (χ0v) is 30.2. The van der Waals surface area contributed by atoms with Crippen LogP contribution in [-0.4, -0.2) is 118 Å². The van der Waals surface area contributed by atoms with E-state index in [-0.39, 0.29) is 6.42 Å². The lowest BCUT2D eigenvalue weighted by molar-refractivity contribution is -0.274. The Hall–Kier alpha value is -3.18. The Morgan fingerprint density at radius 3 is 2.02 bits per heavy atom. The summed E-state index contributed by atoms with van der Waals surface area (Å²) in [6.07, 6.45) is -8.58. The molecule has 0 unspecified atom stereocenters. The van der Waals surface area contributed by atoms with Gasteiger partial charge in [0.15, 0.2) is 11.4 Å². The summed E-state index contributed by atoms with van der Waals surface area (Å²) in [6.45, 7) is 10.8. The molecule has 16 nitrogen and oxygen atoms in total. The number of epoxide rings is 2. The summed E-state index contributed by atoms with van der Waals surface area (Å²) in [6, 6.07) is 0. The largest absolute Gasteiger partial charge is 0.462 e. The van der Waals surface area contributed by atoms with Crippen LogP contribution in [0.25, 0.3) is 0 Å². The summed E-state index contributed by atoms with van der Waals surface area (Å²) < 4.78 is 42.5. The molecule has 286 valence electrons. The summed E-state index contributed by atoms with van der Waals surface area (Å²) in [4.78, 5) is 80.3. The van der Waals surface area contributed by atoms with Crippen molar-refractivity contribution >= 4 is 35.6 Å². The number of rotatable bonds is 5. The molecule has 3 heterocycles. The van der Waals surface area contributed by atoms with Gasteiger partial charge < -0.3 is 48.5 Å². The Morgan fingerprint density at radius 2 is 1.42 bits per heavy atom.